The molecule has 3 aromatic rings. The fraction of sp³-hybridized carbons (Fsp3) is 0.152. The number of carboxylic acid groups (broad SMARTS) is 2. The van der Waals surface area contributed by atoms with Crippen molar-refractivity contribution in [1.82, 2.24) is 0 Å². The molecular formula is C33H34O9. The maximum absolute atomic E-state index is 11.5. The highest BCUT2D eigenvalue weighted by molar-refractivity contribution is 5.91. The molecule has 0 spiro atoms. The van der Waals surface area contributed by atoms with Crippen LogP contribution in [0.15, 0.2) is 109 Å². The van der Waals surface area contributed by atoms with Gasteiger partial charge in [0.15, 0.2) is 0 Å². The van der Waals surface area contributed by atoms with E-state index < -0.39 is 36.7 Å². The first-order valence-electron chi connectivity index (χ1n) is 12.8. The van der Waals surface area contributed by atoms with Crippen LogP contribution < -0.4 is 0 Å². The third-order valence-electron chi connectivity index (χ3n) is 4.71. The van der Waals surface area contributed by atoms with Crippen LogP contribution in [0.3, 0.4) is 0 Å². The Hall–Kier alpha value is -5.28. The highest BCUT2D eigenvalue weighted by Gasteiger charge is 2.10. The van der Waals surface area contributed by atoms with Gasteiger partial charge in [-0.3, -0.25) is 19.2 Å². The second kappa shape index (κ2) is 22.5. The third kappa shape index (κ3) is 19.7. The first-order chi connectivity index (χ1) is 20.3. The highest BCUT2D eigenvalue weighted by atomic mass is 16.6. The van der Waals surface area contributed by atoms with Crippen molar-refractivity contribution in [3.63, 3.8) is 0 Å². The lowest BCUT2D eigenvalue weighted by atomic mass is 10.2. The van der Waals surface area contributed by atoms with Crippen LogP contribution in [0.25, 0.3) is 18.2 Å². The Kier molecular flexibility index (Phi) is 18.6. The number of esters is 2. The number of benzene rings is 3. The summed E-state index contributed by atoms with van der Waals surface area (Å²) < 4.78 is 9.93. The molecule has 3 aromatic carbocycles. The molecule has 0 fully saturated rings. The van der Waals surface area contributed by atoms with Crippen LogP contribution in [-0.4, -0.2) is 59.0 Å². The van der Waals surface area contributed by atoms with Crippen molar-refractivity contribution >= 4 is 42.1 Å². The monoisotopic (exact) mass is 574 g/mol. The minimum absolute atomic E-state index is 0.106. The summed E-state index contributed by atoms with van der Waals surface area (Å²) in [5.41, 5.74) is 3.16. The summed E-state index contributed by atoms with van der Waals surface area (Å²) >= 11 is 0. The van der Waals surface area contributed by atoms with Gasteiger partial charge >= 0.3 is 23.9 Å². The standard InChI is InChI=1S/C21H20O4.C9H10O.C3H4O4/c22-20(24-15-7-13-18-9-3-1-4-10-18)17-21(23)25-16-8-14-19-11-5-2-6-12-19;10-8-4-7-9-5-2-1-3-6-9;4-2(5)1-3(6)7/h1-14H,15-17H2;1-7,10H,8H2;1H2,(H,4,5)(H,6,7)/b13-7+,14-8+;7-4+;. The average Bonchev–Trinajstić information content (AvgIpc) is 2.98. The molecular weight excluding hydrogens is 540 g/mol. The number of hydrogen-bond acceptors (Lipinski definition) is 7. The fourth-order valence-electron chi connectivity index (χ4n) is 2.88. The summed E-state index contributed by atoms with van der Waals surface area (Å²) in [5.74, 6) is -3.83. The van der Waals surface area contributed by atoms with Crippen LogP contribution in [0.5, 0.6) is 0 Å². The van der Waals surface area contributed by atoms with Crippen LogP contribution in [0.4, 0.5) is 0 Å². The quantitative estimate of drug-likeness (QED) is 0.198. The van der Waals surface area contributed by atoms with E-state index in [-0.39, 0.29) is 19.8 Å². The Labute approximate surface area is 244 Å². The Balaban J connectivity index is 0.000000423. The third-order valence-corrected chi connectivity index (χ3v) is 4.71. The number of aliphatic carboxylic acids is 2. The van der Waals surface area contributed by atoms with E-state index in [1.165, 1.54) is 0 Å². The molecule has 0 aliphatic heterocycles. The van der Waals surface area contributed by atoms with Crippen molar-refractivity contribution in [3.05, 3.63) is 126 Å². The van der Waals surface area contributed by atoms with Crippen LogP contribution in [0.1, 0.15) is 29.5 Å². The first kappa shape index (κ1) is 34.7. The van der Waals surface area contributed by atoms with Gasteiger partial charge in [-0.1, -0.05) is 115 Å². The van der Waals surface area contributed by atoms with E-state index in [2.05, 4.69) is 0 Å². The van der Waals surface area contributed by atoms with Gasteiger partial charge in [0, 0.05) is 0 Å². The van der Waals surface area contributed by atoms with Crippen molar-refractivity contribution in [3.8, 4) is 0 Å². The molecule has 0 saturated heterocycles. The van der Waals surface area contributed by atoms with Crippen molar-refractivity contribution in [1.29, 1.82) is 0 Å². The molecule has 0 aromatic heterocycles. The van der Waals surface area contributed by atoms with E-state index in [1.54, 1.807) is 18.2 Å². The summed E-state index contributed by atoms with van der Waals surface area (Å²) in [5, 5.41) is 23.8. The van der Waals surface area contributed by atoms with Gasteiger partial charge in [0.2, 0.25) is 0 Å². The van der Waals surface area contributed by atoms with Gasteiger partial charge in [-0.15, -0.1) is 0 Å². The van der Waals surface area contributed by atoms with Crippen molar-refractivity contribution < 1.29 is 44.0 Å². The number of carboxylic acids is 2. The van der Waals surface area contributed by atoms with Gasteiger partial charge in [0.1, 0.15) is 26.1 Å². The number of rotatable bonds is 12. The van der Waals surface area contributed by atoms with Gasteiger partial charge < -0.3 is 24.8 Å². The van der Waals surface area contributed by atoms with Gasteiger partial charge in [-0.25, -0.2) is 0 Å². The van der Waals surface area contributed by atoms with E-state index in [1.807, 2.05) is 109 Å². The molecule has 0 heterocycles. The maximum atomic E-state index is 11.5. The molecule has 3 rings (SSSR count). The smallest absolute Gasteiger partial charge is 0.317 e. The van der Waals surface area contributed by atoms with E-state index in [4.69, 9.17) is 24.8 Å². The molecule has 0 aliphatic carbocycles. The lowest BCUT2D eigenvalue weighted by Crippen LogP contribution is -2.14. The number of aliphatic hydroxyl groups excluding tert-OH is 1. The molecule has 9 heteroatoms. The zero-order valence-corrected chi connectivity index (χ0v) is 23.0. The Morgan fingerprint density at radius 2 is 0.857 bits per heavy atom. The summed E-state index contributed by atoms with van der Waals surface area (Å²) in [4.78, 5) is 41.9. The SMILES string of the molecule is O=C(CC(=O)OC/C=C/c1ccccc1)OC/C=C/c1ccccc1.O=C(O)CC(=O)O.OC/C=C/c1ccccc1. The van der Waals surface area contributed by atoms with Crippen LogP contribution >= 0.6 is 0 Å². The predicted octanol–water partition coefficient (Wildman–Crippen LogP) is 5.13. The molecule has 0 amide bonds. The lowest BCUT2D eigenvalue weighted by molar-refractivity contribution is -0.153. The van der Waals surface area contributed by atoms with Gasteiger partial charge in [-0.2, -0.15) is 0 Å². The number of hydrogen-bond donors (Lipinski definition) is 3. The molecule has 220 valence electrons. The Morgan fingerprint density at radius 1 is 0.524 bits per heavy atom. The van der Waals surface area contributed by atoms with E-state index in [9.17, 15) is 19.2 Å². The van der Waals surface area contributed by atoms with Crippen LogP contribution in [0.2, 0.25) is 0 Å². The van der Waals surface area contributed by atoms with Crippen molar-refractivity contribution in [2.45, 2.75) is 12.8 Å². The number of carbonyl (C=O) groups is 4. The van der Waals surface area contributed by atoms with E-state index in [0.29, 0.717) is 0 Å². The Bertz CT molecular complexity index is 1210. The van der Waals surface area contributed by atoms with Gasteiger partial charge in [-0.05, 0) is 28.8 Å². The zero-order chi connectivity index (χ0) is 30.8. The van der Waals surface area contributed by atoms with E-state index in [0.717, 1.165) is 16.7 Å². The van der Waals surface area contributed by atoms with Gasteiger partial charge in [0.05, 0.1) is 6.61 Å². The molecule has 42 heavy (non-hydrogen) atoms. The molecule has 0 bridgehead atoms. The second-order valence-electron chi connectivity index (χ2n) is 8.13. The van der Waals surface area contributed by atoms with Crippen LogP contribution in [-0.2, 0) is 28.7 Å². The number of ether oxygens (including phenoxy) is 2. The normalized spacial score (nSPS) is 10.3. The summed E-state index contributed by atoms with van der Waals surface area (Å²) in [6, 6.07) is 29.2. The van der Waals surface area contributed by atoms with Crippen LogP contribution in [0, 0.1) is 0 Å². The molecule has 0 aliphatic rings. The summed E-state index contributed by atoms with van der Waals surface area (Å²) in [7, 11) is 0. The topological polar surface area (TPSA) is 147 Å². The van der Waals surface area contributed by atoms with Crippen molar-refractivity contribution in [2.75, 3.05) is 19.8 Å². The predicted molar refractivity (Wildman–Crippen MR) is 160 cm³/mol. The Morgan fingerprint density at radius 3 is 1.14 bits per heavy atom. The van der Waals surface area contributed by atoms with E-state index >= 15 is 0 Å². The molecule has 0 saturated carbocycles. The minimum Gasteiger partial charge on any atom is -0.481 e. The molecule has 0 atom stereocenters. The average molecular weight is 575 g/mol. The molecule has 0 unspecified atom stereocenters. The number of aliphatic hydroxyl groups is 1. The first-order valence-corrected chi connectivity index (χ1v) is 12.8. The van der Waals surface area contributed by atoms with Crippen molar-refractivity contribution in [2.24, 2.45) is 0 Å². The second-order valence-corrected chi connectivity index (χ2v) is 8.13. The fourth-order valence-corrected chi connectivity index (χ4v) is 2.88. The molecule has 9 nitrogen and oxygen atoms in total. The zero-order valence-electron chi connectivity index (χ0n) is 23.0. The van der Waals surface area contributed by atoms with Gasteiger partial charge in [0.25, 0.3) is 0 Å². The molecule has 3 N–H and O–H groups in total. The number of carbonyl (C=O) groups excluding carboxylic acids is 2. The molecule has 0 radical (unpaired) electrons. The summed E-state index contributed by atoms with van der Waals surface area (Å²) in [6.45, 7) is 0.346. The highest BCUT2D eigenvalue weighted by Crippen LogP contribution is 2.03. The minimum atomic E-state index is -1.31. The largest absolute Gasteiger partial charge is 0.481 e. The lowest BCUT2D eigenvalue weighted by Gasteiger charge is -2.02. The maximum Gasteiger partial charge on any atom is 0.317 e. The summed E-state index contributed by atoms with van der Waals surface area (Å²) in [6.07, 6.45) is 9.55.